The highest BCUT2D eigenvalue weighted by Crippen LogP contribution is 2.25. The third kappa shape index (κ3) is 6.50. The maximum Gasteiger partial charge on any atom is 0.213 e. The Morgan fingerprint density at radius 3 is 2.80 bits per heavy atom. The van der Waals surface area contributed by atoms with Crippen molar-refractivity contribution < 1.29 is 13.9 Å². The van der Waals surface area contributed by atoms with E-state index in [9.17, 15) is 4.39 Å². The highest BCUT2D eigenvalue weighted by atomic mass is 35.5. The summed E-state index contributed by atoms with van der Waals surface area (Å²) in [7, 11) is 1.56. The van der Waals surface area contributed by atoms with Crippen molar-refractivity contribution in [1.82, 2.24) is 25.2 Å². The van der Waals surface area contributed by atoms with Crippen molar-refractivity contribution in [3.63, 3.8) is 0 Å². The average Bonchev–Trinajstić information content (AvgIpc) is 2.87. The molecule has 190 valence electrons. The van der Waals surface area contributed by atoms with Crippen molar-refractivity contribution in [2.75, 3.05) is 33.4 Å². The molecule has 0 amide bonds. The number of pyridine rings is 3. The third-order valence-electron chi connectivity index (χ3n) is 6.64. The number of aromatic nitrogens is 3. The van der Waals surface area contributed by atoms with Gasteiger partial charge in [0.25, 0.3) is 0 Å². The van der Waals surface area contributed by atoms with E-state index in [1.165, 1.54) is 11.8 Å². The third-order valence-corrected chi connectivity index (χ3v) is 6.64. The van der Waals surface area contributed by atoms with E-state index in [0.717, 1.165) is 69.9 Å². The summed E-state index contributed by atoms with van der Waals surface area (Å²) in [5, 5.41) is 3.66. The average molecular weight is 524 g/mol. The molecular formula is C25H32Cl2FN5O2. The van der Waals surface area contributed by atoms with E-state index in [1.807, 2.05) is 12.3 Å². The van der Waals surface area contributed by atoms with Gasteiger partial charge >= 0.3 is 0 Å². The molecule has 0 aliphatic carbocycles. The fourth-order valence-corrected chi connectivity index (χ4v) is 4.71. The fraction of sp³-hybridized carbons (Fsp3) is 0.480. The van der Waals surface area contributed by atoms with Crippen molar-refractivity contribution in [3.8, 4) is 11.6 Å². The Morgan fingerprint density at radius 2 is 2.00 bits per heavy atom. The molecule has 2 aliphatic heterocycles. The van der Waals surface area contributed by atoms with Crippen molar-refractivity contribution in [3.05, 3.63) is 53.2 Å². The second kappa shape index (κ2) is 12.6. The maximum absolute atomic E-state index is 14.6. The summed E-state index contributed by atoms with van der Waals surface area (Å²) < 4.78 is 25.4. The van der Waals surface area contributed by atoms with Crippen LogP contribution >= 0.6 is 24.8 Å². The summed E-state index contributed by atoms with van der Waals surface area (Å²) in [6.07, 6.45) is 8.04. The van der Waals surface area contributed by atoms with Crippen LogP contribution in [0.15, 0.2) is 30.6 Å². The van der Waals surface area contributed by atoms with Gasteiger partial charge in [-0.1, -0.05) is 0 Å². The molecule has 0 saturated carbocycles. The number of hydrogen-bond donors (Lipinski definition) is 1. The number of nitrogens with zero attached hydrogens (tertiary/aromatic N) is 4. The molecule has 1 saturated heterocycles. The molecule has 5 rings (SSSR count). The van der Waals surface area contributed by atoms with E-state index >= 15 is 0 Å². The van der Waals surface area contributed by atoms with Gasteiger partial charge in [0, 0.05) is 30.8 Å². The molecule has 0 spiro atoms. The summed E-state index contributed by atoms with van der Waals surface area (Å²) >= 11 is 0. The van der Waals surface area contributed by atoms with Crippen LogP contribution in [0, 0.1) is 5.82 Å². The molecule has 0 atom stereocenters. The molecule has 5 heterocycles. The normalized spacial score (nSPS) is 16.1. The van der Waals surface area contributed by atoms with Gasteiger partial charge in [-0.05, 0) is 62.9 Å². The van der Waals surface area contributed by atoms with E-state index in [2.05, 4.69) is 31.2 Å². The summed E-state index contributed by atoms with van der Waals surface area (Å²) in [5.74, 6) is 1.11. The predicted octanol–water partition coefficient (Wildman–Crippen LogP) is 4.14. The van der Waals surface area contributed by atoms with Crippen LogP contribution in [-0.4, -0.2) is 59.2 Å². The monoisotopic (exact) mass is 523 g/mol. The van der Waals surface area contributed by atoms with E-state index in [-0.39, 0.29) is 30.6 Å². The lowest BCUT2D eigenvalue weighted by atomic mass is 10.0. The number of rotatable bonds is 7. The minimum atomic E-state index is -0.303. The zero-order valence-electron chi connectivity index (χ0n) is 19.8. The number of methoxy groups -OCH3 is 1. The lowest BCUT2D eigenvalue weighted by Gasteiger charge is -2.32. The molecule has 0 bridgehead atoms. The molecule has 10 heteroatoms. The topological polar surface area (TPSA) is 72.4 Å². The SMILES string of the molecule is COc1ccc2ncc(F)c(CCN3CCC(NCc4cc5c(cn4)OCCC5)CC3)c2n1.Cl.Cl. The van der Waals surface area contributed by atoms with Crippen LogP contribution in [0.25, 0.3) is 11.0 Å². The number of likely N-dealkylation sites (tertiary alicyclic amines) is 1. The lowest BCUT2D eigenvalue weighted by Crippen LogP contribution is -2.43. The molecule has 35 heavy (non-hydrogen) atoms. The van der Waals surface area contributed by atoms with Gasteiger partial charge in [0.05, 0.1) is 42.8 Å². The van der Waals surface area contributed by atoms with Crippen molar-refractivity contribution in [1.29, 1.82) is 0 Å². The summed E-state index contributed by atoms with van der Waals surface area (Å²) in [4.78, 5) is 15.6. The Bertz CT molecular complexity index is 1130. The summed E-state index contributed by atoms with van der Waals surface area (Å²) in [6, 6.07) is 6.22. The lowest BCUT2D eigenvalue weighted by molar-refractivity contribution is 0.198. The Balaban J connectivity index is 0.00000171. The smallest absolute Gasteiger partial charge is 0.213 e. The minimum Gasteiger partial charge on any atom is -0.492 e. The summed E-state index contributed by atoms with van der Waals surface area (Å²) in [6.45, 7) is 4.35. The van der Waals surface area contributed by atoms with Crippen LogP contribution in [0.4, 0.5) is 4.39 Å². The van der Waals surface area contributed by atoms with Gasteiger partial charge in [0.15, 0.2) is 0 Å². The molecule has 7 nitrogen and oxygen atoms in total. The molecule has 3 aromatic rings. The summed E-state index contributed by atoms with van der Waals surface area (Å²) in [5.41, 5.74) is 4.24. The molecule has 0 radical (unpaired) electrons. The standard InChI is InChI=1S/C25H30FN5O2.2ClH/c1-32-24-5-4-22-25(30-24)20(21(26)15-29-22)8-11-31-9-6-18(7-10-31)27-14-19-13-17-3-2-12-33-23(17)16-28-19;;/h4-5,13,15-16,18,27H,2-3,6-12,14H2,1H3;2*1H. The van der Waals surface area contributed by atoms with Crippen LogP contribution in [-0.2, 0) is 19.4 Å². The Hall–Kier alpha value is -2.26. The van der Waals surface area contributed by atoms with E-state index in [4.69, 9.17) is 9.47 Å². The number of fused-ring (bicyclic) bond motifs is 2. The van der Waals surface area contributed by atoms with Crippen LogP contribution in [0.3, 0.4) is 0 Å². The number of aryl methyl sites for hydroxylation is 1. The van der Waals surface area contributed by atoms with Gasteiger partial charge in [-0.2, -0.15) is 0 Å². The van der Waals surface area contributed by atoms with Crippen LogP contribution < -0.4 is 14.8 Å². The number of ether oxygens (including phenoxy) is 2. The molecule has 1 fully saturated rings. The quantitative estimate of drug-likeness (QED) is 0.498. The second-order valence-corrected chi connectivity index (χ2v) is 8.79. The van der Waals surface area contributed by atoms with Gasteiger partial charge in [0.1, 0.15) is 11.6 Å². The zero-order chi connectivity index (χ0) is 22.6. The van der Waals surface area contributed by atoms with Gasteiger partial charge in [-0.15, -0.1) is 24.8 Å². The second-order valence-electron chi connectivity index (χ2n) is 8.79. The van der Waals surface area contributed by atoms with E-state index in [0.29, 0.717) is 34.9 Å². The van der Waals surface area contributed by atoms with Crippen LogP contribution in [0.2, 0.25) is 0 Å². The first kappa shape index (κ1) is 27.3. The van der Waals surface area contributed by atoms with Crippen LogP contribution in [0.5, 0.6) is 11.6 Å². The molecule has 0 aromatic carbocycles. The molecule has 3 aromatic heterocycles. The molecular weight excluding hydrogens is 492 g/mol. The number of piperidine rings is 1. The first-order chi connectivity index (χ1) is 16.2. The van der Waals surface area contributed by atoms with Crippen LogP contribution in [0.1, 0.15) is 36.1 Å². The van der Waals surface area contributed by atoms with Crippen molar-refractivity contribution >= 4 is 35.8 Å². The molecule has 0 unspecified atom stereocenters. The van der Waals surface area contributed by atoms with Gasteiger partial charge in [-0.3, -0.25) is 9.97 Å². The number of hydrogen-bond acceptors (Lipinski definition) is 7. The fourth-order valence-electron chi connectivity index (χ4n) is 4.71. The first-order valence-corrected chi connectivity index (χ1v) is 11.7. The number of nitrogens with one attached hydrogen (secondary N) is 1. The zero-order valence-corrected chi connectivity index (χ0v) is 21.5. The Kier molecular flexibility index (Phi) is 9.86. The maximum atomic E-state index is 14.6. The van der Waals surface area contributed by atoms with Gasteiger partial charge < -0.3 is 19.7 Å². The van der Waals surface area contributed by atoms with Crippen molar-refractivity contribution in [2.45, 2.75) is 44.7 Å². The largest absolute Gasteiger partial charge is 0.492 e. The Labute approximate surface area is 217 Å². The number of halogens is 3. The first-order valence-electron chi connectivity index (χ1n) is 11.7. The van der Waals surface area contributed by atoms with E-state index in [1.54, 1.807) is 13.2 Å². The van der Waals surface area contributed by atoms with Crippen molar-refractivity contribution in [2.24, 2.45) is 0 Å². The highest BCUT2D eigenvalue weighted by Gasteiger charge is 2.20. The predicted molar refractivity (Wildman–Crippen MR) is 139 cm³/mol. The highest BCUT2D eigenvalue weighted by molar-refractivity contribution is 5.85. The molecule has 2 aliphatic rings. The van der Waals surface area contributed by atoms with Gasteiger partial charge in [0.2, 0.25) is 5.88 Å². The van der Waals surface area contributed by atoms with Gasteiger partial charge in [-0.25, -0.2) is 9.37 Å². The minimum absolute atomic E-state index is 0. The molecule has 1 N–H and O–H groups in total. The Morgan fingerprint density at radius 1 is 1.17 bits per heavy atom. The van der Waals surface area contributed by atoms with E-state index < -0.39 is 0 Å².